The number of halogens is 4. The van der Waals surface area contributed by atoms with E-state index >= 15 is 0 Å². The van der Waals surface area contributed by atoms with Crippen molar-refractivity contribution in [1.82, 2.24) is 9.80 Å². The van der Waals surface area contributed by atoms with Crippen molar-refractivity contribution in [2.45, 2.75) is 19.0 Å². The summed E-state index contributed by atoms with van der Waals surface area (Å²) in [5.74, 6) is -0.780. The van der Waals surface area contributed by atoms with Gasteiger partial charge in [-0.1, -0.05) is 47.5 Å². The van der Waals surface area contributed by atoms with Crippen molar-refractivity contribution in [2.24, 2.45) is 0 Å². The van der Waals surface area contributed by atoms with Gasteiger partial charge in [0.1, 0.15) is 0 Å². The first-order chi connectivity index (χ1) is 12.4. The summed E-state index contributed by atoms with van der Waals surface area (Å²) in [5.41, 5.74) is 2.33. The van der Waals surface area contributed by atoms with Crippen molar-refractivity contribution < 1.29 is 9.90 Å². The molecule has 1 heterocycles. The largest absolute Gasteiger partial charge is 0.480 e. The molecular formula is C20H24Cl4N2O2. The van der Waals surface area contributed by atoms with Gasteiger partial charge in [-0.2, -0.15) is 0 Å². The van der Waals surface area contributed by atoms with Crippen LogP contribution in [0.5, 0.6) is 0 Å². The quantitative estimate of drug-likeness (QED) is 0.673. The van der Waals surface area contributed by atoms with Crippen molar-refractivity contribution in [3.8, 4) is 0 Å². The van der Waals surface area contributed by atoms with Crippen molar-refractivity contribution >= 4 is 54.0 Å². The Kier molecular flexibility index (Phi) is 10.1. The third-order valence-corrected chi connectivity index (χ3v) is 5.38. The van der Waals surface area contributed by atoms with E-state index in [0.717, 1.165) is 30.8 Å². The zero-order valence-corrected chi connectivity index (χ0v) is 18.6. The summed E-state index contributed by atoms with van der Waals surface area (Å²) in [4.78, 5) is 15.5. The van der Waals surface area contributed by atoms with Crippen LogP contribution in [0, 0.1) is 0 Å². The lowest BCUT2D eigenvalue weighted by molar-refractivity contribution is -0.139. The van der Waals surface area contributed by atoms with E-state index in [1.165, 1.54) is 0 Å². The summed E-state index contributed by atoms with van der Waals surface area (Å²) < 4.78 is 0. The van der Waals surface area contributed by atoms with Crippen LogP contribution in [-0.2, 0) is 4.79 Å². The van der Waals surface area contributed by atoms with Gasteiger partial charge < -0.3 is 5.11 Å². The maximum absolute atomic E-state index is 11.1. The van der Waals surface area contributed by atoms with E-state index in [0.29, 0.717) is 10.0 Å². The maximum atomic E-state index is 11.1. The molecule has 0 aromatic heterocycles. The highest BCUT2D eigenvalue weighted by Crippen LogP contribution is 2.32. The number of hydrogen-bond acceptors (Lipinski definition) is 3. The second-order valence-corrected chi connectivity index (χ2v) is 7.59. The number of carboxylic acids is 1. The molecule has 0 aliphatic carbocycles. The number of nitrogens with zero attached hydrogens (tertiary/aromatic N) is 2. The molecule has 0 saturated carbocycles. The molecule has 1 aliphatic rings. The summed E-state index contributed by atoms with van der Waals surface area (Å²) in [6.45, 7) is 4.49. The van der Waals surface area contributed by atoms with Crippen LogP contribution in [0.1, 0.15) is 24.1 Å². The van der Waals surface area contributed by atoms with Gasteiger partial charge in [-0.3, -0.25) is 14.6 Å². The lowest BCUT2D eigenvalue weighted by Crippen LogP contribution is -2.54. The molecule has 1 atom stereocenters. The Morgan fingerprint density at radius 1 is 1.00 bits per heavy atom. The van der Waals surface area contributed by atoms with Gasteiger partial charge in [-0.05, 0) is 42.3 Å². The van der Waals surface area contributed by atoms with Crippen LogP contribution in [-0.4, -0.2) is 53.1 Å². The molecular weight excluding hydrogens is 442 g/mol. The summed E-state index contributed by atoms with van der Waals surface area (Å²) in [7, 11) is 0. The van der Waals surface area contributed by atoms with Crippen LogP contribution >= 0.6 is 48.0 Å². The monoisotopic (exact) mass is 464 g/mol. The number of hydrogen-bond donors (Lipinski definition) is 1. The molecule has 1 aliphatic heterocycles. The molecule has 3 rings (SSSR count). The predicted octanol–water partition coefficient (Wildman–Crippen LogP) is 5.02. The van der Waals surface area contributed by atoms with Gasteiger partial charge >= 0.3 is 5.97 Å². The van der Waals surface area contributed by atoms with Crippen molar-refractivity contribution in [3.63, 3.8) is 0 Å². The fraction of sp³-hybridized carbons (Fsp3) is 0.350. The number of aliphatic carboxylic acids is 1. The van der Waals surface area contributed by atoms with Crippen molar-refractivity contribution in [3.05, 3.63) is 69.7 Å². The van der Waals surface area contributed by atoms with Crippen molar-refractivity contribution in [2.75, 3.05) is 26.2 Å². The molecule has 0 bridgehead atoms. The first-order valence-electron chi connectivity index (χ1n) is 8.65. The normalized spacial score (nSPS) is 17.6. The zero-order valence-electron chi connectivity index (χ0n) is 15.4. The summed E-state index contributed by atoms with van der Waals surface area (Å²) >= 11 is 12.1. The van der Waals surface area contributed by atoms with E-state index in [2.05, 4.69) is 36.1 Å². The Morgan fingerprint density at radius 2 is 1.46 bits per heavy atom. The van der Waals surface area contributed by atoms with E-state index in [9.17, 15) is 4.79 Å². The van der Waals surface area contributed by atoms with Crippen LogP contribution in [0.3, 0.4) is 0 Å². The summed E-state index contributed by atoms with van der Waals surface area (Å²) in [5, 5.41) is 10.5. The van der Waals surface area contributed by atoms with E-state index in [1.807, 2.05) is 29.2 Å². The van der Waals surface area contributed by atoms with E-state index in [4.69, 9.17) is 28.3 Å². The molecule has 0 unspecified atom stereocenters. The van der Waals surface area contributed by atoms with Gasteiger partial charge in [0.2, 0.25) is 0 Å². The third-order valence-electron chi connectivity index (χ3n) is 4.87. The number of benzene rings is 2. The Morgan fingerprint density at radius 3 is 1.86 bits per heavy atom. The highest BCUT2D eigenvalue weighted by molar-refractivity contribution is 6.30. The average Bonchev–Trinajstić information content (AvgIpc) is 2.60. The van der Waals surface area contributed by atoms with Gasteiger partial charge in [0.25, 0.3) is 0 Å². The highest BCUT2D eigenvalue weighted by atomic mass is 35.5. The highest BCUT2D eigenvalue weighted by Gasteiger charge is 2.30. The Bertz CT molecular complexity index is 710. The Hall–Kier alpha value is -1.01. The Balaban J connectivity index is 0.00000196. The third kappa shape index (κ3) is 6.24. The number of carbonyl (C=O) groups is 1. The first-order valence-corrected chi connectivity index (χ1v) is 9.40. The molecule has 4 nitrogen and oxygen atoms in total. The van der Waals surface area contributed by atoms with Gasteiger partial charge in [0, 0.05) is 35.7 Å². The predicted molar refractivity (Wildman–Crippen MR) is 119 cm³/mol. The second kappa shape index (κ2) is 11.2. The van der Waals surface area contributed by atoms with E-state index < -0.39 is 5.97 Å². The molecule has 1 fully saturated rings. The zero-order chi connectivity index (χ0) is 18.7. The van der Waals surface area contributed by atoms with Crippen LogP contribution in [0.4, 0.5) is 0 Å². The molecule has 1 saturated heterocycles. The lowest BCUT2D eigenvalue weighted by Gasteiger charge is -2.43. The minimum Gasteiger partial charge on any atom is -0.480 e. The minimum absolute atomic E-state index is 0. The molecule has 2 aromatic rings. The number of piperazine rings is 1. The maximum Gasteiger partial charge on any atom is 0.317 e. The summed E-state index contributed by atoms with van der Waals surface area (Å²) in [6.07, 6.45) is 0. The standard InChI is InChI=1S/C20H22Cl2N2O2.2ClH/c1-14-12-24(11-10-23(14)13-19(25)26)20(15-2-6-17(21)7-3-15)16-4-8-18(22)9-5-16;;/h2-9,14,20H,10-13H2,1H3,(H,25,26);2*1H/t14-;;/m1../s1. The molecule has 0 spiro atoms. The van der Waals surface area contributed by atoms with Gasteiger partial charge in [-0.25, -0.2) is 0 Å². The van der Waals surface area contributed by atoms with E-state index in [1.54, 1.807) is 0 Å². The molecule has 0 amide bonds. The second-order valence-electron chi connectivity index (χ2n) is 6.71. The molecule has 154 valence electrons. The molecule has 1 N–H and O–H groups in total. The topological polar surface area (TPSA) is 43.8 Å². The van der Waals surface area contributed by atoms with Crippen LogP contribution in [0.2, 0.25) is 10.0 Å². The average molecular weight is 466 g/mol. The first kappa shape index (κ1) is 25.0. The molecule has 2 aromatic carbocycles. The molecule has 0 radical (unpaired) electrons. The van der Waals surface area contributed by atoms with Crippen LogP contribution in [0.15, 0.2) is 48.5 Å². The number of rotatable bonds is 5. The Labute approximate surface area is 188 Å². The van der Waals surface area contributed by atoms with Crippen LogP contribution < -0.4 is 0 Å². The lowest BCUT2D eigenvalue weighted by atomic mass is 9.95. The smallest absolute Gasteiger partial charge is 0.317 e. The SMILES string of the molecule is C[C@@H]1CN(C(c2ccc(Cl)cc2)c2ccc(Cl)cc2)CCN1CC(=O)O.Cl.Cl. The van der Waals surface area contributed by atoms with Gasteiger partial charge in [0.15, 0.2) is 0 Å². The summed E-state index contributed by atoms with van der Waals surface area (Å²) in [6, 6.07) is 16.1. The van der Waals surface area contributed by atoms with Crippen molar-refractivity contribution in [1.29, 1.82) is 0 Å². The molecule has 28 heavy (non-hydrogen) atoms. The van der Waals surface area contributed by atoms with Gasteiger partial charge in [0.05, 0.1) is 12.6 Å². The molecule has 8 heteroatoms. The van der Waals surface area contributed by atoms with Gasteiger partial charge in [-0.15, -0.1) is 24.8 Å². The van der Waals surface area contributed by atoms with Crippen LogP contribution in [0.25, 0.3) is 0 Å². The fourth-order valence-electron chi connectivity index (χ4n) is 3.57. The van der Waals surface area contributed by atoms with E-state index in [-0.39, 0.29) is 43.4 Å². The fourth-order valence-corrected chi connectivity index (χ4v) is 3.82. The number of carboxylic acid groups (broad SMARTS) is 1. The minimum atomic E-state index is -0.780.